The molecule has 1 unspecified atom stereocenters. The van der Waals surface area contributed by atoms with Crippen molar-refractivity contribution in [2.24, 2.45) is 0 Å². The van der Waals surface area contributed by atoms with Crippen LogP contribution in [-0.4, -0.2) is 32.3 Å². The largest absolute Gasteiger partial charge is 0.383 e. The number of rotatable bonds is 3. The van der Waals surface area contributed by atoms with Gasteiger partial charge in [-0.1, -0.05) is 6.07 Å². The molecule has 1 atom stereocenters. The number of nitrogens with one attached hydrogen (secondary N) is 2. The minimum atomic E-state index is 0.347. The van der Waals surface area contributed by atoms with Gasteiger partial charge < -0.3 is 15.4 Å². The number of hydrogen-bond acceptors (Lipinski definition) is 4. The van der Waals surface area contributed by atoms with E-state index in [1.54, 1.807) is 6.07 Å². The fourth-order valence-corrected chi connectivity index (χ4v) is 1.69. The van der Waals surface area contributed by atoms with Crippen LogP contribution in [0.2, 0.25) is 0 Å². The second-order valence-electron chi connectivity index (χ2n) is 3.80. The van der Waals surface area contributed by atoms with Crippen LogP contribution in [0.3, 0.4) is 0 Å². The fraction of sp³-hybridized carbons (Fsp3) is 0.417. The molecule has 0 saturated carbocycles. The minimum absolute atomic E-state index is 0.347. The van der Waals surface area contributed by atoms with Crippen molar-refractivity contribution in [1.29, 1.82) is 5.26 Å². The molecule has 4 nitrogen and oxygen atoms in total. The van der Waals surface area contributed by atoms with E-state index >= 15 is 0 Å². The lowest BCUT2D eigenvalue weighted by atomic mass is 10.2. The summed E-state index contributed by atoms with van der Waals surface area (Å²) < 4.78 is 5.36. The highest BCUT2D eigenvalue weighted by atomic mass is 16.5. The summed E-state index contributed by atoms with van der Waals surface area (Å²) in [5.74, 6) is 0. The molecule has 0 bridgehead atoms. The van der Waals surface area contributed by atoms with Gasteiger partial charge >= 0.3 is 0 Å². The second-order valence-corrected chi connectivity index (χ2v) is 3.80. The van der Waals surface area contributed by atoms with Crippen molar-refractivity contribution in [2.45, 2.75) is 6.04 Å². The molecule has 0 radical (unpaired) electrons. The van der Waals surface area contributed by atoms with Gasteiger partial charge in [0.1, 0.15) is 0 Å². The highest BCUT2D eigenvalue weighted by Gasteiger charge is 2.11. The lowest BCUT2D eigenvalue weighted by molar-refractivity contribution is 0.0806. The molecule has 84 valence electrons. The van der Waals surface area contributed by atoms with Gasteiger partial charge in [-0.3, -0.25) is 0 Å². The van der Waals surface area contributed by atoms with Gasteiger partial charge in [-0.05, 0) is 18.2 Å². The minimum Gasteiger partial charge on any atom is -0.383 e. The van der Waals surface area contributed by atoms with Crippen LogP contribution in [0.4, 0.5) is 5.69 Å². The van der Waals surface area contributed by atoms with Gasteiger partial charge in [0.2, 0.25) is 0 Å². The first-order valence-corrected chi connectivity index (χ1v) is 5.43. The monoisotopic (exact) mass is 217 g/mol. The summed E-state index contributed by atoms with van der Waals surface area (Å²) in [6.45, 7) is 3.25. The Morgan fingerprint density at radius 1 is 1.56 bits per heavy atom. The van der Waals surface area contributed by atoms with E-state index in [2.05, 4.69) is 16.7 Å². The van der Waals surface area contributed by atoms with E-state index in [9.17, 15) is 0 Å². The van der Waals surface area contributed by atoms with Gasteiger partial charge in [0.25, 0.3) is 0 Å². The normalized spacial score (nSPS) is 20.1. The number of ether oxygens (including phenoxy) is 1. The first-order valence-electron chi connectivity index (χ1n) is 5.43. The van der Waals surface area contributed by atoms with E-state index in [1.807, 2.05) is 18.2 Å². The standard InChI is InChI=1S/C12H15N3O/c13-7-10-2-1-3-11(6-10)15-8-12-9-16-5-4-14-12/h1-3,6,12,14-15H,4-5,8-9H2. The van der Waals surface area contributed by atoms with Crippen LogP contribution in [0.25, 0.3) is 0 Å². The van der Waals surface area contributed by atoms with E-state index in [4.69, 9.17) is 10.00 Å². The van der Waals surface area contributed by atoms with Gasteiger partial charge in [0, 0.05) is 24.8 Å². The van der Waals surface area contributed by atoms with Gasteiger partial charge in [-0.2, -0.15) is 5.26 Å². The van der Waals surface area contributed by atoms with Crippen LogP contribution in [-0.2, 0) is 4.74 Å². The summed E-state index contributed by atoms with van der Waals surface area (Å²) >= 11 is 0. The molecule has 1 aliphatic heterocycles. The molecule has 1 aromatic rings. The van der Waals surface area contributed by atoms with Crippen LogP contribution < -0.4 is 10.6 Å². The summed E-state index contributed by atoms with van der Waals surface area (Å²) in [5.41, 5.74) is 1.66. The predicted molar refractivity (Wildman–Crippen MR) is 62.3 cm³/mol. The Labute approximate surface area is 95.2 Å². The third-order valence-corrected chi connectivity index (χ3v) is 2.54. The summed E-state index contributed by atoms with van der Waals surface area (Å²) in [6.07, 6.45) is 0. The van der Waals surface area contributed by atoms with E-state index in [0.717, 1.165) is 32.0 Å². The second kappa shape index (κ2) is 5.50. The zero-order chi connectivity index (χ0) is 11.2. The van der Waals surface area contributed by atoms with Crippen molar-refractivity contribution in [2.75, 3.05) is 31.6 Å². The number of nitrogens with zero attached hydrogens (tertiary/aromatic N) is 1. The van der Waals surface area contributed by atoms with Crippen molar-refractivity contribution in [3.05, 3.63) is 29.8 Å². The van der Waals surface area contributed by atoms with Crippen LogP contribution in [0.5, 0.6) is 0 Å². The van der Waals surface area contributed by atoms with Gasteiger partial charge in [0.05, 0.1) is 24.8 Å². The fourth-order valence-electron chi connectivity index (χ4n) is 1.69. The molecule has 1 fully saturated rings. The quantitative estimate of drug-likeness (QED) is 0.791. The highest BCUT2D eigenvalue weighted by Crippen LogP contribution is 2.09. The Morgan fingerprint density at radius 2 is 2.50 bits per heavy atom. The smallest absolute Gasteiger partial charge is 0.0992 e. The molecule has 2 N–H and O–H groups in total. The molecule has 16 heavy (non-hydrogen) atoms. The van der Waals surface area contributed by atoms with Gasteiger partial charge in [0.15, 0.2) is 0 Å². The SMILES string of the molecule is N#Cc1cccc(NCC2COCCN2)c1. The molecule has 0 aromatic heterocycles. The zero-order valence-electron chi connectivity index (χ0n) is 9.07. The molecule has 1 aromatic carbocycles. The Kier molecular flexibility index (Phi) is 3.76. The first-order chi connectivity index (χ1) is 7.88. The lowest BCUT2D eigenvalue weighted by Gasteiger charge is -2.24. The molecular weight excluding hydrogens is 202 g/mol. The maximum Gasteiger partial charge on any atom is 0.0992 e. The molecule has 0 aliphatic carbocycles. The molecule has 2 rings (SSSR count). The Morgan fingerprint density at radius 3 is 3.25 bits per heavy atom. The molecule has 4 heteroatoms. The summed E-state index contributed by atoms with van der Waals surface area (Å²) in [5, 5.41) is 15.4. The van der Waals surface area contributed by atoms with Gasteiger partial charge in [-0.15, -0.1) is 0 Å². The van der Waals surface area contributed by atoms with Crippen LogP contribution >= 0.6 is 0 Å². The molecule has 0 amide bonds. The van der Waals surface area contributed by atoms with Crippen molar-refractivity contribution >= 4 is 5.69 Å². The van der Waals surface area contributed by atoms with E-state index in [-0.39, 0.29) is 0 Å². The van der Waals surface area contributed by atoms with Crippen LogP contribution in [0.1, 0.15) is 5.56 Å². The lowest BCUT2D eigenvalue weighted by Crippen LogP contribution is -2.45. The number of anilines is 1. The highest BCUT2D eigenvalue weighted by molar-refractivity contribution is 5.49. The average Bonchev–Trinajstić information content (AvgIpc) is 2.38. The van der Waals surface area contributed by atoms with Gasteiger partial charge in [-0.25, -0.2) is 0 Å². The Balaban J connectivity index is 1.86. The van der Waals surface area contributed by atoms with E-state index in [1.165, 1.54) is 0 Å². The third-order valence-electron chi connectivity index (χ3n) is 2.54. The molecular formula is C12H15N3O. The predicted octanol–water partition coefficient (Wildman–Crippen LogP) is 0.959. The summed E-state index contributed by atoms with van der Waals surface area (Å²) in [7, 11) is 0. The zero-order valence-corrected chi connectivity index (χ0v) is 9.07. The van der Waals surface area contributed by atoms with Crippen molar-refractivity contribution in [3.8, 4) is 6.07 Å². The van der Waals surface area contributed by atoms with E-state index in [0.29, 0.717) is 11.6 Å². The summed E-state index contributed by atoms with van der Waals surface area (Å²) in [6, 6.07) is 9.96. The number of benzene rings is 1. The summed E-state index contributed by atoms with van der Waals surface area (Å²) in [4.78, 5) is 0. The number of nitriles is 1. The Hall–Kier alpha value is -1.57. The van der Waals surface area contributed by atoms with E-state index < -0.39 is 0 Å². The number of hydrogen-bond donors (Lipinski definition) is 2. The molecule has 1 saturated heterocycles. The van der Waals surface area contributed by atoms with Crippen LogP contribution in [0, 0.1) is 11.3 Å². The maximum absolute atomic E-state index is 8.77. The first kappa shape index (κ1) is 10.9. The molecule has 1 aliphatic rings. The third kappa shape index (κ3) is 2.96. The van der Waals surface area contributed by atoms with Crippen molar-refractivity contribution in [3.63, 3.8) is 0 Å². The van der Waals surface area contributed by atoms with Crippen molar-refractivity contribution in [1.82, 2.24) is 5.32 Å². The average molecular weight is 217 g/mol. The molecule has 0 spiro atoms. The molecule has 1 heterocycles. The van der Waals surface area contributed by atoms with Crippen LogP contribution in [0.15, 0.2) is 24.3 Å². The maximum atomic E-state index is 8.77. The topological polar surface area (TPSA) is 57.1 Å². The van der Waals surface area contributed by atoms with Crippen molar-refractivity contribution < 1.29 is 4.74 Å². The Bertz CT molecular complexity index is 380. The number of morpholine rings is 1.